The Morgan fingerprint density at radius 1 is 1.20 bits per heavy atom. The normalized spacial score (nSPS) is 31.9. The van der Waals surface area contributed by atoms with Crippen molar-refractivity contribution in [3.8, 4) is 0 Å². The van der Waals surface area contributed by atoms with E-state index in [1.165, 1.54) is 64.5 Å². The zero-order valence-corrected chi connectivity index (χ0v) is 13.2. The van der Waals surface area contributed by atoms with E-state index in [1.54, 1.807) is 0 Å². The second-order valence-electron chi connectivity index (χ2n) is 7.06. The van der Waals surface area contributed by atoms with Crippen LogP contribution in [0.2, 0.25) is 0 Å². The largest absolute Gasteiger partial charge is 0.381 e. The van der Waals surface area contributed by atoms with E-state index in [-0.39, 0.29) is 0 Å². The zero-order valence-electron chi connectivity index (χ0n) is 13.2. The predicted octanol–water partition coefficient (Wildman–Crippen LogP) is 2.80. The summed E-state index contributed by atoms with van der Waals surface area (Å²) < 4.78 is 5.73. The van der Waals surface area contributed by atoms with Gasteiger partial charge in [0.05, 0.1) is 6.61 Å². The Hall–Kier alpha value is -0.120. The topological polar surface area (TPSA) is 24.5 Å². The quantitative estimate of drug-likeness (QED) is 0.810. The summed E-state index contributed by atoms with van der Waals surface area (Å²) >= 11 is 0. The molecule has 3 aliphatic rings. The lowest BCUT2D eigenvalue weighted by molar-refractivity contribution is 0.0459. The van der Waals surface area contributed by atoms with Crippen LogP contribution >= 0.6 is 0 Å². The summed E-state index contributed by atoms with van der Waals surface area (Å²) in [6.07, 6.45) is 11.0. The molecule has 20 heavy (non-hydrogen) atoms. The molecule has 0 aromatic carbocycles. The van der Waals surface area contributed by atoms with Gasteiger partial charge in [-0.1, -0.05) is 19.8 Å². The highest BCUT2D eigenvalue weighted by Crippen LogP contribution is 2.43. The lowest BCUT2D eigenvalue weighted by Gasteiger charge is -2.47. The van der Waals surface area contributed by atoms with Gasteiger partial charge in [-0.05, 0) is 58.2 Å². The van der Waals surface area contributed by atoms with Crippen LogP contribution in [-0.2, 0) is 4.74 Å². The van der Waals surface area contributed by atoms with E-state index in [4.69, 9.17) is 4.74 Å². The number of likely N-dealkylation sites (tertiary alicyclic amines) is 1. The maximum atomic E-state index is 5.73. The average molecular weight is 280 g/mol. The van der Waals surface area contributed by atoms with Gasteiger partial charge in [-0.3, -0.25) is 4.90 Å². The molecule has 2 unspecified atom stereocenters. The van der Waals surface area contributed by atoms with E-state index < -0.39 is 0 Å². The van der Waals surface area contributed by atoms with Gasteiger partial charge in [0.15, 0.2) is 0 Å². The summed E-state index contributed by atoms with van der Waals surface area (Å²) in [5, 5.41) is 3.95. The van der Waals surface area contributed by atoms with Crippen LogP contribution in [0.25, 0.3) is 0 Å². The molecule has 0 radical (unpaired) electrons. The fourth-order valence-electron chi connectivity index (χ4n) is 4.88. The summed E-state index contributed by atoms with van der Waals surface area (Å²) in [4.78, 5) is 2.85. The maximum Gasteiger partial charge on any atom is 0.0510 e. The number of hydrogen-bond donors (Lipinski definition) is 1. The van der Waals surface area contributed by atoms with Crippen molar-refractivity contribution in [2.24, 2.45) is 5.92 Å². The first-order valence-corrected chi connectivity index (χ1v) is 8.93. The molecule has 0 aromatic rings. The first kappa shape index (κ1) is 14.8. The molecular weight excluding hydrogens is 248 g/mol. The van der Waals surface area contributed by atoms with Crippen LogP contribution in [-0.4, -0.2) is 49.3 Å². The molecule has 3 heteroatoms. The molecule has 1 aliphatic carbocycles. The third kappa shape index (κ3) is 2.77. The Balaban J connectivity index is 1.80. The molecule has 0 amide bonds. The van der Waals surface area contributed by atoms with Crippen LogP contribution in [0, 0.1) is 5.92 Å². The molecule has 0 spiro atoms. The van der Waals surface area contributed by atoms with Crippen molar-refractivity contribution in [3.63, 3.8) is 0 Å². The fourth-order valence-corrected chi connectivity index (χ4v) is 4.88. The van der Waals surface area contributed by atoms with Crippen molar-refractivity contribution in [1.82, 2.24) is 10.2 Å². The van der Waals surface area contributed by atoms with Gasteiger partial charge in [-0.15, -0.1) is 0 Å². The standard InChI is InChI=1S/C17H32N2O/c1-2-10-18-16(15-7-13-20-14-15)17(8-3-4-9-17)19-11-5-6-12-19/h15-16,18H,2-14H2,1H3. The first-order valence-electron chi connectivity index (χ1n) is 8.93. The molecule has 2 atom stereocenters. The van der Waals surface area contributed by atoms with Crippen LogP contribution in [0.1, 0.15) is 58.3 Å². The Morgan fingerprint density at radius 3 is 2.55 bits per heavy atom. The highest BCUT2D eigenvalue weighted by atomic mass is 16.5. The molecular formula is C17H32N2O. The van der Waals surface area contributed by atoms with Crippen LogP contribution in [0.5, 0.6) is 0 Å². The number of nitrogens with zero attached hydrogens (tertiary/aromatic N) is 1. The van der Waals surface area contributed by atoms with Gasteiger partial charge in [0.25, 0.3) is 0 Å². The van der Waals surface area contributed by atoms with Gasteiger partial charge in [0.1, 0.15) is 0 Å². The van der Waals surface area contributed by atoms with Gasteiger partial charge in [0.2, 0.25) is 0 Å². The Bertz CT molecular complexity index is 289. The van der Waals surface area contributed by atoms with Crippen molar-refractivity contribution >= 4 is 0 Å². The number of nitrogens with one attached hydrogen (secondary N) is 1. The lowest BCUT2D eigenvalue weighted by atomic mass is 9.78. The monoisotopic (exact) mass is 280 g/mol. The molecule has 2 heterocycles. The first-order chi connectivity index (χ1) is 9.87. The third-order valence-electron chi connectivity index (χ3n) is 5.83. The summed E-state index contributed by atoms with van der Waals surface area (Å²) in [6.45, 7) is 8.07. The van der Waals surface area contributed by atoms with E-state index in [0.717, 1.165) is 25.7 Å². The van der Waals surface area contributed by atoms with Crippen LogP contribution < -0.4 is 5.32 Å². The minimum Gasteiger partial charge on any atom is -0.381 e. The van der Waals surface area contributed by atoms with E-state index in [9.17, 15) is 0 Å². The van der Waals surface area contributed by atoms with Crippen molar-refractivity contribution in [2.75, 3.05) is 32.8 Å². The summed E-state index contributed by atoms with van der Waals surface area (Å²) in [7, 11) is 0. The summed E-state index contributed by atoms with van der Waals surface area (Å²) in [5.74, 6) is 0.736. The average Bonchev–Trinajstić information content (AvgIpc) is 3.22. The minimum absolute atomic E-state index is 0.448. The van der Waals surface area contributed by atoms with Crippen molar-refractivity contribution < 1.29 is 4.74 Å². The maximum absolute atomic E-state index is 5.73. The number of hydrogen-bond acceptors (Lipinski definition) is 3. The Kier molecular flexibility index (Phi) is 5.00. The van der Waals surface area contributed by atoms with Crippen LogP contribution in [0.4, 0.5) is 0 Å². The molecule has 3 fully saturated rings. The van der Waals surface area contributed by atoms with Crippen molar-refractivity contribution in [3.05, 3.63) is 0 Å². The van der Waals surface area contributed by atoms with E-state index >= 15 is 0 Å². The molecule has 0 aromatic heterocycles. The molecule has 1 saturated carbocycles. The Labute approximate surface area is 124 Å². The van der Waals surface area contributed by atoms with Gasteiger partial charge < -0.3 is 10.1 Å². The molecule has 1 N–H and O–H groups in total. The Morgan fingerprint density at radius 2 is 1.95 bits per heavy atom. The van der Waals surface area contributed by atoms with Crippen LogP contribution in [0.15, 0.2) is 0 Å². The molecule has 3 rings (SSSR count). The van der Waals surface area contributed by atoms with Gasteiger partial charge in [0, 0.05) is 24.1 Å². The molecule has 116 valence electrons. The fraction of sp³-hybridized carbons (Fsp3) is 1.00. The predicted molar refractivity (Wildman–Crippen MR) is 83.0 cm³/mol. The lowest BCUT2D eigenvalue weighted by Crippen LogP contribution is -2.62. The number of ether oxygens (including phenoxy) is 1. The molecule has 2 saturated heterocycles. The van der Waals surface area contributed by atoms with Gasteiger partial charge in [-0.25, -0.2) is 0 Å². The smallest absolute Gasteiger partial charge is 0.0510 e. The van der Waals surface area contributed by atoms with Crippen molar-refractivity contribution in [1.29, 1.82) is 0 Å². The van der Waals surface area contributed by atoms with Gasteiger partial charge >= 0.3 is 0 Å². The summed E-state index contributed by atoms with van der Waals surface area (Å²) in [5.41, 5.74) is 0.448. The molecule has 2 aliphatic heterocycles. The number of rotatable bonds is 6. The second-order valence-corrected chi connectivity index (χ2v) is 7.06. The van der Waals surface area contributed by atoms with E-state index in [0.29, 0.717) is 11.6 Å². The summed E-state index contributed by atoms with van der Waals surface area (Å²) in [6, 6.07) is 0.658. The van der Waals surface area contributed by atoms with Crippen LogP contribution in [0.3, 0.4) is 0 Å². The minimum atomic E-state index is 0.448. The highest BCUT2D eigenvalue weighted by molar-refractivity contribution is 5.07. The second kappa shape index (κ2) is 6.76. The van der Waals surface area contributed by atoms with Crippen molar-refractivity contribution in [2.45, 2.75) is 69.9 Å². The van der Waals surface area contributed by atoms with E-state index in [2.05, 4.69) is 17.1 Å². The SMILES string of the molecule is CCCNC(C1CCOC1)C1(N2CCCC2)CCCC1. The zero-order chi connectivity index (χ0) is 13.8. The highest BCUT2D eigenvalue weighted by Gasteiger charge is 2.49. The third-order valence-corrected chi connectivity index (χ3v) is 5.83. The molecule has 3 nitrogen and oxygen atoms in total. The molecule has 0 bridgehead atoms. The van der Waals surface area contributed by atoms with Gasteiger partial charge in [-0.2, -0.15) is 0 Å². The van der Waals surface area contributed by atoms with E-state index in [1.807, 2.05) is 0 Å².